The molecule has 0 radical (unpaired) electrons. The summed E-state index contributed by atoms with van der Waals surface area (Å²) in [5.74, 6) is 0.366. The predicted molar refractivity (Wildman–Crippen MR) is 112 cm³/mol. The molecular formula is C22H24FN5O. The Labute approximate surface area is 169 Å². The van der Waals surface area contributed by atoms with Crippen molar-refractivity contribution in [1.29, 1.82) is 0 Å². The lowest BCUT2D eigenvalue weighted by Crippen LogP contribution is -2.44. The number of likely N-dealkylation sites (N-methyl/N-ethyl adjacent to an activating group) is 1. The fourth-order valence-electron chi connectivity index (χ4n) is 3.58. The fraction of sp³-hybridized carbons (Fsp3) is 0.318. The largest absolute Gasteiger partial charge is 0.354 e. The molecule has 1 aromatic carbocycles. The second-order valence-corrected chi connectivity index (χ2v) is 7.47. The van der Waals surface area contributed by atoms with E-state index in [1.54, 1.807) is 25.3 Å². The summed E-state index contributed by atoms with van der Waals surface area (Å²) in [4.78, 5) is 26.2. The molecule has 1 amide bonds. The van der Waals surface area contributed by atoms with Crippen molar-refractivity contribution in [3.8, 4) is 0 Å². The number of piperazine rings is 1. The van der Waals surface area contributed by atoms with Gasteiger partial charge in [0.15, 0.2) is 0 Å². The molecule has 1 saturated heterocycles. The number of pyridine rings is 2. The van der Waals surface area contributed by atoms with Gasteiger partial charge in [-0.2, -0.15) is 0 Å². The minimum atomic E-state index is -0.366. The summed E-state index contributed by atoms with van der Waals surface area (Å²) in [5, 5.41) is 3.61. The standard InChI is InChI=1S/C22H24FN5O/c1-15-11-19(18-4-3-17(23)13-20(18)26-15)22(29)25-14-16-5-6-24-21(12-16)28-9-7-27(2)8-10-28/h3-6,11-13H,7-10,14H2,1-2H3,(H,25,29). The van der Waals surface area contributed by atoms with Crippen LogP contribution in [-0.4, -0.2) is 54.0 Å². The molecule has 0 atom stereocenters. The van der Waals surface area contributed by atoms with Crippen LogP contribution in [0.2, 0.25) is 0 Å². The number of carbonyl (C=O) groups excluding carboxylic acids is 1. The monoisotopic (exact) mass is 393 g/mol. The number of aromatic nitrogens is 2. The number of fused-ring (bicyclic) bond motifs is 1. The van der Waals surface area contributed by atoms with Gasteiger partial charge in [-0.25, -0.2) is 9.37 Å². The molecule has 1 fully saturated rings. The zero-order valence-electron chi connectivity index (χ0n) is 16.7. The maximum Gasteiger partial charge on any atom is 0.252 e. The number of nitrogens with one attached hydrogen (secondary N) is 1. The van der Waals surface area contributed by atoms with Crippen molar-refractivity contribution >= 4 is 22.6 Å². The Morgan fingerprint density at radius 1 is 1.14 bits per heavy atom. The van der Waals surface area contributed by atoms with Crippen LogP contribution in [0.25, 0.3) is 10.9 Å². The average Bonchev–Trinajstić information content (AvgIpc) is 2.72. The van der Waals surface area contributed by atoms with E-state index in [9.17, 15) is 9.18 Å². The van der Waals surface area contributed by atoms with Gasteiger partial charge in [-0.1, -0.05) is 0 Å². The maximum absolute atomic E-state index is 13.5. The molecule has 150 valence electrons. The molecule has 6 nitrogen and oxygen atoms in total. The first-order chi connectivity index (χ1) is 14.0. The molecular weight excluding hydrogens is 369 g/mol. The summed E-state index contributed by atoms with van der Waals surface area (Å²) in [6, 6.07) is 9.97. The normalized spacial score (nSPS) is 14.9. The van der Waals surface area contributed by atoms with Gasteiger partial charge < -0.3 is 15.1 Å². The Kier molecular flexibility index (Phi) is 5.40. The molecule has 3 heterocycles. The Balaban J connectivity index is 1.49. The molecule has 1 aliphatic rings. The summed E-state index contributed by atoms with van der Waals surface area (Å²) in [6.45, 7) is 6.10. The van der Waals surface area contributed by atoms with Crippen LogP contribution in [0.5, 0.6) is 0 Å². The number of halogens is 1. The van der Waals surface area contributed by atoms with E-state index in [1.807, 2.05) is 12.1 Å². The van der Waals surface area contributed by atoms with Crippen molar-refractivity contribution in [1.82, 2.24) is 20.2 Å². The number of aryl methyl sites for hydroxylation is 1. The summed E-state index contributed by atoms with van der Waals surface area (Å²) >= 11 is 0. The van der Waals surface area contributed by atoms with Crippen LogP contribution in [0.15, 0.2) is 42.6 Å². The highest BCUT2D eigenvalue weighted by molar-refractivity contribution is 6.06. The minimum Gasteiger partial charge on any atom is -0.354 e. The molecule has 4 rings (SSSR count). The van der Waals surface area contributed by atoms with Gasteiger partial charge in [-0.15, -0.1) is 0 Å². The number of amides is 1. The number of hydrogen-bond acceptors (Lipinski definition) is 5. The van der Waals surface area contributed by atoms with Gasteiger partial charge in [0.05, 0.1) is 11.1 Å². The first kappa shape index (κ1) is 19.3. The highest BCUT2D eigenvalue weighted by Crippen LogP contribution is 2.20. The lowest BCUT2D eigenvalue weighted by Gasteiger charge is -2.33. The van der Waals surface area contributed by atoms with Crippen LogP contribution in [0.3, 0.4) is 0 Å². The van der Waals surface area contributed by atoms with E-state index < -0.39 is 0 Å². The molecule has 7 heteroatoms. The van der Waals surface area contributed by atoms with Gasteiger partial charge in [0.25, 0.3) is 5.91 Å². The number of hydrogen-bond donors (Lipinski definition) is 1. The molecule has 1 aliphatic heterocycles. The summed E-state index contributed by atoms with van der Waals surface area (Å²) < 4.78 is 13.5. The van der Waals surface area contributed by atoms with E-state index in [-0.39, 0.29) is 11.7 Å². The quantitative estimate of drug-likeness (QED) is 0.739. The summed E-state index contributed by atoms with van der Waals surface area (Å²) in [7, 11) is 2.12. The van der Waals surface area contributed by atoms with E-state index >= 15 is 0 Å². The van der Waals surface area contributed by atoms with E-state index in [0.717, 1.165) is 37.6 Å². The van der Waals surface area contributed by atoms with Gasteiger partial charge in [0.2, 0.25) is 0 Å². The molecule has 0 aliphatic carbocycles. The Morgan fingerprint density at radius 2 is 1.93 bits per heavy atom. The van der Waals surface area contributed by atoms with Gasteiger partial charge in [0, 0.05) is 56.1 Å². The number of carbonyl (C=O) groups is 1. The van der Waals surface area contributed by atoms with Crippen molar-refractivity contribution in [3.05, 3.63) is 65.2 Å². The molecule has 0 bridgehead atoms. The molecule has 0 unspecified atom stereocenters. The highest BCUT2D eigenvalue weighted by atomic mass is 19.1. The van der Waals surface area contributed by atoms with Crippen molar-refractivity contribution in [2.24, 2.45) is 0 Å². The van der Waals surface area contributed by atoms with E-state index in [0.29, 0.717) is 28.7 Å². The number of benzene rings is 1. The number of rotatable bonds is 4. The van der Waals surface area contributed by atoms with E-state index in [4.69, 9.17) is 0 Å². The molecule has 2 aromatic heterocycles. The lowest BCUT2D eigenvalue weighted by molar-refractivity contribution is 0.0952. The molecule has 0 saturated carbocycles. The van der Waals surface area contributed by atoms with Crippen molar-refractivity contribution in [2.75, 3.05) is 38.1 Å². The van der Waals surface area contributed by atoms with Crippen LogP contribution in [0, 0.1) is 12.7 Å². The van der Waals surface area contributed by atoms with Crippen LogP contribution in [0.1, 0.15) is 21.6 Å². The van der Waals surface area contributed by atoms with Crippen molar-refractivity contribution in [2.45, 2.75) is 13.5 Å². The Morgan fingerprint density at radius 3 is 2.72 bits per heavy atom. The topological polar surface area (TPSA) is 61.4 Å². The van der Waals surface area contributed by atoms with Gasteiger partial charge in [-0.05, 0) is 49.9 Å². The molecule has 1 N–H and O–H groups in total. The molecule has 29 heavy (non-hydrogen) atoms. The Hall–Kier alpha value is -3.06. The zero-order chi connectivity index (χ0) is 20.4. The van der Waals surface area contributed by atoms with E-state index in [2.05, 4.69) is 32.1 Å². The summed E-state index contributed by atoms with van der Waals surface area (Å²) in [6.07, 6.45) is 1.78. The second kappa shape index (κ2) is 8.13. The summed E-state index contributed by atoms with van der Waals surface area (Å²) in [5.41, 5.74) is 2.65. The smallest absolute Gasteiger partial charge is 0.252 e. The van der Waals surface area contributed by atoms with Gasteiger partial charge in [0.1, 0.15) is 11.6 Å². The fourth-order valence-corrected chi connectivity index (χ4v) is 3.58. The molecule has 3 aromatic rings. The van der Waals surface area contributed by atoms with Crippen LogP contribution >= 0.6 is 0 Å². The SMILES string of the molecule is Cc1cc(C(=O)NCc2ccnc(N3CCN(C)CC3)c2)c2ccc(F)cc2n1. The first-order valence-electron chi connectivity index (χ1n) is 9.73. The first-order valence-corrected chi connectivity index (χ1v) is 9.73. The second-order valence-electron chi connectivity index (χ2n) is 7.47. The van der Waals surface area contributed by atoms with Crippen LogP contribution < -0.4 is 10.2 Å². The average molecular weight is 393 g/mol. The third kappa shape index (κ3) is 4.35. The van der Waals surface area contributed by atoms with Crippen molar-refractivity contribution < 1.29 is 9.18 Å². The van der Waals surface area contributed by atoms with Crippen molar-refractivity contribution in [3.63, 3.8) is 0 Å². The maximum atomic E-state index is 13.5. The van der Waals surface area contributed by atoms with Gasteiger partial charge >= 0.3 is 0 Å². The van der Waals surface area contributed by atoms with Crippen LogP contribution in [-0.2, 0) is 6.54 Å². The zero-order valence-corrected chi connectivity index (χ0v) is 16.7. The highest BCUT2D eigenvalue weighted by Gasteiger charge is 2.16. The third-order valence-electron chi connectivity index (χ3n) is 5.23. The Bertz CT molecular complexity index is 1040. The third-order valence-corrected chi connectivity index (χ3v) is 5.23. The number of nitrogens with zero attached hydrogens (tertiary/aromatic N) is 4. The van der Waals surface area contributed by atoms with Gasteiger partial charge in [-0.3, -0.25) is 9.78 Å². The van der Waals surface area contributed by atoms with E-state index in [1.165, 1.54) is 12.1 Å². The molecule has 0 spiro atoms. The lowest BCUT2D eigenvalue weighted by atomic mass is 10.1. The predicted octanol–water partition coefficient (Wildman–Crippen LogP) is 2.76. The minimum absolute atomic E-state index is 0.204. The number of anilines is 1. The van der Waals surface area contributed by atoms with Crippen LogP contribution in [0.4, 0.5) is 10.2 Å².